The van der Waals surface area contributed by atoms with Crippen LogP contribution in [0.5, 0.6) is 0 Å². The summed E-state index contributed by atoms with van der Waals surface area (Å²) in [6, 6.07) is 6.23. The van der Waals surface area contributed by atoms with E-state index in [9.17, 15) is 0 Å². The molecular formula is C17H27Cl2N. The van der Waals surface area contributed by atoms with Crippen molar-refractivity contribution in [2.45, 2.75) is 58.9 Å². The normalized spacial score (nSPS) is 12.9. The molecule has 1 nitrogen and oxygen atoms in total. The number of hydrogen-bond acceptors (Lipinski definition) is 1. The zero-order valence-electron chi connectivity index (χ0n) is 12.9. The number of benzene rings is 1. The van der Waals surface area contributed by atoms with Crippen molar-refractivity contribution in [3.63, 3.8) is 0 Å². The van der Waals surface area contributed by atoms with Crippen LogP contribution >= 0.6 is 23.2 Å². The molecule has 1 aromatic rings. The van der Waals surface area contributed by atoms with E-state index in [2.05, 4.69) is 26.1 Å². The molecule has 0 fully saturated rings. The molecule has 0 aliphatic heterocycles. The number of likely N-dealkylation sites (N-methyl/N-ethyl adjacent to an activating group) is 1. The maximum Gasteiger partial charge on any atom is 0.0453 e. The molecule has 0 aromatic heterocycles. The Bertz CT molecular complexity index is 366. The third-order valence-corrected chi connectivity index (χ3v) is 4.55. The Hall–Kier alpha value is -0.240. The average molecular weight is 316 g/mol. The summed E-state index contributed by atoms with van der Waals surface area (Å²) < 4.78 is 0. The lowest BCUT2D eigenvalue weighted by molar-refractivity contribution is 0.312. The summed E-state index contributed by atoms with van der Waals surface area (Å²) in [5, 5.41) is 5.21. The van der Waals surface area contributed by atoms with Gasteiger partial charge < -0.3 is 5.32 Å². The van der Waals surface area contributed by atoms with Gasteiger partial charge >= 0.3 is 0 Å². The smallest absolute Gasteiger partial charge is 0.0453 e. The molecule has 0 radical (unpaired) electrons. The summed E-state index contributed by atoms with van der Waals surface area (Å²) in [6.45, 7) is 7.66. The number of rotatable bonds is 9. The maximum absolute atomic E-state index is 6.32. The van der Waals surface area contributed by atoms with Gasteiger partial charge in [0.25, 0.3) is 0 Å². The lowest BCUT2D eigenvalue weighted by Gasteiger charge is -2.28. The van der Waals surface area contributed by atoms with E-state index in [1.165, 1.54) is 25.7 Å². The standard InChI is InChI=1S/C17H27Cl2N/c1-4-8-13(9-5-2)17(20-6-3)12-14-15(18)10-7-11-16(14)19/h7,10-11,13,17,20H,4-6,8-9,12H2,1-3H3. The van der Waals surface area contributed by atoms with E-state index in [1.54, 1.807) is 0 Å². The molecule has 0 saturated carbocycles. The van der Waals surface area contributed by atoms with Crippen LogP contribution in [0.1, 0.15) is 52.0 Å². The Morgan fingerprint density at radius 1 is 1.00 bits per heavy atom. The van der Waals surface area contributed by atoms with Gasteiger partial charge in [-0.05, 0) is 49.4 Å². The van der Waals surface area contributed by atoms with Crippen molar-refractivity contribution < 1.29 is 0 Å². The van der Waals surface area contributed by atoms with E-state index in [-0.39, 0.29) is 0 Å². The summed E-state index contributed by atoms with van der Waals surface area (Å²) in [5.74, 6) is 0.692. The van der Waals surface area contributed by atoms with Gasteiger partial charge in [-0.1, -0.05) is 62.9 Å². The topological polar surface area (TPSA) is 12.0 Å². The average Bonchev–Trinajstić information content (AvgIpc) is 2.42. The number of hydrogen-bond donors (Lipinski definition) is 1. The third-order valence-electron chi connectivity index (χ3n) is 3.84. The first kappa shape index (κ1) is 17.8. The minimum absolute atomic E-state index is 0.456. The van der Waals surface area contributed by atoms with Crippen LogP contribution in [0.2, 0.25) is 10.0 Å². The Kier molecular flexibility index (Phi) is 8.60. The lowest BCUT2D eigenvalue weighted by atomic mass is 9.86. The van der Waals surface area contributed by atoms with Crippen molar-refractivity contribution in [1.29, 1.82) is 0 Å². The van der Waals surface area contributed by atoms with Crippen molar-refractivity contribution in [2.75, 3.05) is 6.54 Å². The molecule has 20 heavy (non-hydrogen) atoms. The highest BCUT2D eigenvalue weighted by molar-refractivity contribution is 6.36. The molecule has 1 atom stereocenters. The van der Waals surface area contributed by atoms with Gasteiger partial charge in [0.2, 0.25) is 0 Å². The van der Waals surface area contributed by atoms with Gasteiger partial charge in [-0.2, -0.15) is 0 Å². The molecule has 0 amide bonds. The minimum atomic E-state index is 0.456. The lowest BCUT2D eigenvalue weighted by Crippen LogP contribution is -2.38. The van der Waals surface area contributed by atoms with Crippen LogP contribution in [0.25, 0.3) is 0 Å². The number of nitrogens with one attached hydrogen (secondary N) is 1. The SMILES string of the molecule is CCCC(CCC)C(Cc1c(Cl)cccc1Cl)NCC. The Balaban J connectivity index is 2.89. The Labute approximate surface area is 134 Å². The first-order valence-electron chi connectivity index (χ1n) is 7.80. The molecule has 0 heterocycles. The second-order valence-corrected chi connectivity index (χ2v) is 6.22. The predicted octanol–water partition coefficient (Wildman–Crippen LogP) is 5.73. The number of halogens is 2. The molecule has 1 aromatic carbocycles. The Morgan fingerprint density at radius 3 is 2.00 bits per heavy atom. The fraction of sp³-hybridized carbons (Fsp3) is 0.647. The summed E-state index contributed by atoms with van der Waals surface area (Å²) in [5.41, 5.74) is 1.08. The van der Waals surface area contributed by atoms with Gasteiger partial charge in [0.15, 0.2) is 0 Å². The van der Waals surface area contributed by atoms with Gasteiger partial charge in [0.1, 0.15) is 0 Å². The first-order valence-corrected chi connectivity index (χ1v) is 8.55. The maximum atomic E-state index is 6.32. The fourth-order valence-corrected chi connectivity index (χ4v) is 3.45. The monoisotopic (exact) mass is 315 g/mol. The van der Waals surface area contributed by atoms with Crippen molar-refractivity contribution in [1.82, 2.24) is 5.32 Å². The minimum Gasteiger partial charge on any atom is -0.314 e. The fourth-order valence-electron chi connectivity index (χ4n) is 2.90. The van der Waals surface area contributed by atoms with Crippen LogP contribution in [0, 0.1) is 5.92 Å². The molecule has 1 N–H and O–H groups in total. The highest BCUT2D eigenvalue weighted by Crippen LogP contribution is 2.29. The molecule has 0 aliphatic rings. The van der Waals surface area contributed by atoms with Crippen LogP contribution in [0.4, 0.5) is 0 Å². The second kappa shape index (κ2) is 9.65. The van der Waals surface area contributed by atoms with Crippen LogP contribution in [0.3, 0.4) is 0 Å². The van der Waals surface area contributed by atoms with Gasteiger partial charge in [0.05, 0.1) is 0 Å². The second-order valence-electron chi connectivity index (χ2n) is 5.41. The summed E-state index contributed by atoms with van der Waals surface area (Å²) >= 11 is 12.6. The van der Waals surface area contributed by atoms with E-state index < -0.39 is 0 Å². The zero-order valence-corrected chi connectivity index (χ0v) is 14.4. The highest BCUT2D eigenvalue weighted by Gasteiger charge is 2.21. The summed E-state index contributed by atoms with van der Waals surface area (Å²) in [7, 11) is 0. The molecule has 114 valence electrons. The Morgan fingerprint density at radius 2 is 1.55 bits per heavy atom. The van der Waals surface area contributed by atoms with E-state index in [4.69, 9.17) is 23.2 Å². The summed E-state index contributed by atoms with van der Waals surface area (Å²) in [4.78, 5) is 0. The highest BCUT2D eigenvalue weighted by atomic mass is 35.5. The van der Waals surface area contributed by atoms with Crippen LogP contribution in [-0.4, -0.2) is 12.6 Å². The van der Waals surface area contributed by atoms with Gasteiger partial charge in [-0.3, -0.25) is 0 Å². The third kappa shape index (κ3) is 5.27. The van der Waals surface area contributed by atoms with Crippen molar-refractivity contribution >= 4 is 23.2 Å². The molecule has 0 spiro atoms. The van der Waals surface area contributed by atoms with Crippen molar-refractivity contribution in [3.8, 4) is 0 Å². The van der Waals surface area contributed by atoms with Crippen LogP contribution in [-0.2, 0) is 6.42 Å². The predicted molar refractivity (Wildman–Crippen MR) is 90.9 cm³/mol. The van der Waals surface area contributed by atoms with Crippen molar-refractivity contribution in [3.05, 3.63) is 33.8 Å². The molecule has 0 saturated heterocycles. The zero-order chi connectivity index (χ0) is 15.0. The molecule has 0 aliphatic carbocycles. The largest absolute Gasteiger partial charge is 0.314 e. The quantitative estimate of drug-likeness (QED) is 0.613. The van der Waals surface area contributed by atoms with Gasteiger partial charge in [0, 0.05) is 16.1 Å². The molecule has 1 unspecified atom stereocenters. The van der Waals surface area contributed by atoms with E-state index in [0.717, 1.165) is 28.6 Å². The van der Waals surface area contributed by atoms with Crippen LogP contribution < -0.4 is 5.32 Å². The van der Waals surface area contributed by atoms with E-state index in [1.807, 2.05) is 18.2 Å². The molecule has 0 bridgehead atoms. The van der Waals surface area contributed by atoms with Crippen LogP contribution in [0.15, 0.2) is 18.2 Å². The summed E-state index contributed by atoms with van der Waals surface area (Å²) in [6.07, 6.45) is 5.88. The van der Waals surface area contributed by atoms with E-state index in [0.29, 0.717) is 12.0 Å². The first-order chi connectivity index (χ1) is 9.63. The van der Waals surface area contributed by atoms with Gasteiger partial charge in [-0.15, -0.1) is 0 Å². The van der Waals surface area contributed by atoms with Crippen molar-refractivity contribution in [2.24, 2.45) is 5.92 Å². The molecular weight excluding hydrogens is 289 g/mol. The van der Waals surface area contributed by atoms with Gasteiger partial charge in [-0.25, -0.2) is 0 Å². The van der Waals surface area contributed by atoms with E-state index >= 15 is 0 Å². The molecule has 1 rings (SSSR count). The molecule has 3 heteroatoms.